The number of pyridine rings is 1. The summed E-state index contributed by atoms with van der Waals surface area (Å²) < 4.78 is 6.45. The summed E-state index contributed by atoms with van der Waals surface area (Å²) in [5.74, 6) is 0.995. The van der Waals surface area contributed by atoms with Crippen molar-refractivity contribution >= 4 is 22.3 Å². The molecule has 0 saturated carbocycles. The molecular formula is C28H32N6O. The molecule has 0 spiro atoms. The molecule has 3 aliphatic rings. The minimum atomic E-state index is -0.127. The van der Waals surface area contributed by atoms with Gasteiger partial charge in [-0.05, 0) is 50.6 Å². The molecule has 2 aromatic carbocycles. The van der Waals surface area contributed by atoms with Crippen LogP contribution in [0.25, 0.3) is 10.9 Å². The van der Waals surface area contributed by atoms with E-state index in [4.69, 9.17) is 10.5 Å². The molecule has 0 unspecified atom stereocenters. The van der Waals surface area contributed by atoms with E-state index in [1.165, 1.54) is 11.3 Å². The Labute approximate surface area is 206 Å². The smallest absolute Gasteiger partial charge is 0.125 e. The molecular weight excluding hydrogens is 436 g/mol. The molecule has 7 heteroatoms. The predicted octanol–water partition coefficient (Wildman–Crippen LogP) is 3.51. The van der Waals surface area contributed by atoms with Gasteiger partial charge in [0.25, 0.3) is 0 Å². The van der Waals surface area contributed by atoms with Gasteiger partial charge in [0, 0.05) is 78.9 Å². The summed E-state index contributed by atoms with van der Waals surface area (Å²) in [5.41, 5.74) is 11.2. The van der Waals surface area contributed by atoms with Gasteiger partial charge in [0.1, 0.15) is 18.4 Å². The predicted molar refractivity (Wildman–Crippen MR) is 139 cm³/mol. The Morgan fingerprint density at radius 1 is 1.17 bits per heavy atom. The van der Waals surface area contributed by atoms with Gasteiger partial charge in [-0.25, -0.2) is 0 Å². The molecule has 0 aliphatic carbocycles. The molecule has 4 heterocycles. The normalized spacial score (nSPS) is 26.6. The molecule has 35 heavy (non-hydrogen) atoms. The second kappa shape index (κ2) is 8.40. The number of nitrogens with zero attached hydrogens (tertiary/aromatic N) is 5. The van der Waals surface area contributed by atoms with Gasteiger partial charge in [-0.1, -0.05) is 6.07 Å². The van der Waals surface area contributed by atoms with E-state index in [0.717, 1.165) is 61.5 Å². The van der Waals surface area contributed by atoms with Gasteiger partial charge in [0.05, 0.1) is 17.1 Å². The molecule has 0 amide bonds. The minimum absolute atomic E-state index is 0.127. The van der Waals surface area contributed by atoms with E-state index < -0.39 is 0 Å². The fourth-order valence-corrected chi connectivity index (χ4v) is 5.96. The van der Waals surface area contributed by atoms with E-state index in [0.29, 0.717) is 18.2 Å². The second-order valence-electron chi connectivity index (χ2n) is 10.7. The molecule has 2 saturated heterocycles. The number of ether oxygens (including phenoxy) is 1. The van der Waals surface area contributed by atoms with Crippen LogP contribution in [0.3, 0.4) is 0 Å². The maximum absolute atomic E-state index is 9.53. The Hall–Kier alpha value is -3.34. The highest BCUT2D eigenvalue weighted by Gasteiger charge is 2.36. The van der Waals surface area contributed by atoms with Crippen molar-refractivity contribution in [1.29, 1.82) is 5.26 Å². The van der Waals surface area contributed by atoms with Gasteiger partial charge < -0.3 is 20.3 Å². The number of aromatic nitrogens is 1. The zero-order valence-electron chi connectivity index (χ0n) is 20.4. The largest absolute Gasteiger partial charge is 0.491 e. The number of anilines is 2. The van der Waals surface area contributed by atoms with Crippen molar-refractivity contribution in [2.75, 3.05) is 42.6 Å². The van der Waals surface area contributed by atoms with Crippen molar-refractivity contribution in [2.45, 2.75) is 44.4 Å². The van der Waals surface area contributed by atoms with E-state index in [9.17, 15) is 5.26 Å². The number of hydrogen-bond donors (Lipinski definition) is 1. The molecule has 3 aliphatic heterocycles. The zero-order chi connectivity index (χ0) is 24.2. The first-order valence-corrected chi connectivity index (χ1v) is 12.5. The van der Waals surface area contributed by atoms with Crippen molar-refractivity contribution in [3.63, 3.8) is 0 Å². The number of piperazine rings is 1. The average Bonchev–Trinajstić information content (AvgIpc) is 3.12. The lowest BCUT2D eigenvalue weighted by atomic mass is 10.0. The number of nitrogens with two attached hydrogens (primary N) is 1. The summed E-state index contributed by atoms with van der Waals surface area (Å²) in [6.45, 7) is 9.62. The molecule has 2 N–H and O–H groups in total. The first-order valence-electron chi connectivity index (χ1n) is 12.5. The Balaban J connectivity index is 1.26. The van der Waals surface area contributed by atoms with Gasteiger partial charge in [-0.2, -0.15) is 5.26 Å². The zero-order valence-corrected chi connectivity index (χ0v) is 20.4. The highest BCUT2D eigenvalue weighted by Crippen LogP contribution is 2.36. The van der Waals surface area contributed by atoms with E-state index in [-0.39, 0.29) is 11.6 Å². The standard InChI is InChI=1S/C28H32N6O/c1-19-14-33(25-8-6-20(13-29)27-24(25)4-3-10-31-27)16-23-17-35-26-12-22(7-5-21(26)15-34(19)23)32-11-9-28(2,30)18-32/h3-8,10,12,19,23H,9,11,14-18,30H2,1-2H3/t19-,23-,28+/m1/s1. The summed E-state index contributed by atoms with van der Waals surface area (Å²) in [6, 6.07) is 17.6. The van der Waals surface area contributed by atoms with Gasteiger partial charge >= 0.3 is 0 Å². The molecule has 2 fully saturated rings. The lowest BCUT2D eigenvalue weighted by molar-refractivity contribution is 0.0892. The molecule has 3 aromatic rings. The summed E-state index contributed by atoms with van der Waals surface area (Å²) in [4.78, 5) is 11.9. The number of fused-ring (bicyclic) bond motifs is 3. The van der Waals surface area contributed by atoms with Crippen LogP contribution in [0.2, 0.25) is 0 Å². The molecule has 0 bridgehead atoms. The lowest BCUT2D eigenvalue weighted by Gasteiger charge is -2.45. The Morgan fingerprint density at radius 3 is 2.86 bits per heavy atom. The van der Waals surface area contributed by atoms with E-state index >= 15 is 0 Å². The Morgan fingerprint density at radius 2 is 2.06 bits per heavy atom. The number of rotatable bonds is 2. The van der Waals surface area contributed by atoms with Crippen LogP contribution in [0.4, 0.5) is 11.4 Å². The van der Waals surface area contributed by atoms with E-state index in [1.807, 2.05) is 12.1 Å². The van der Waals surface area contributed by atoms with Crippen molar-refractivity contribution < 1.29 is 4.74 Å². The molecule has 3 atom stereocenters. The third kappa shape index (κ3) is 3.97. The van der Waals surface area contributed by atoms with Gasteiger partial charge in [-0.15, -0.1) is 0 Å². The number of nitriles is 1. The molecule has 180 valence electrons. The molecule has 1 aromatic heterocycles. The first-order chi connectivity index (χ1) is 16.9. The fourth-order valence-electron chi connectivity index (χ4n) is 5.96. The van der Waals surface area contributed by atoms with E-state index in [2.05, 4.69) is 69.9 Å². The van der Waals surface area contributed by atoms with Crippen molar-refractivity contribution in [3.05, 3.63) is 59.8 Å². The lowest BCUT2D eigenvalue weighted by Crippen LogP contribution is -2.58. The van der Waals surface area contributed by atoms with Crippen molar-refractivity contribution in [2.24, 2.45) is 5.73 Å². The minimum Gasteiger partial charge on any atom is -0.491 e. The van der Waals surface area contributed by atoms with Crippen molar-refractivity contribution in [1.82, 2.24) is 9.88 Å². The topological polar surface area (TPSA) is 81.7 Å². The first kappa shape index (κ1) is 22.1. The molecule has 0 radical (unpaired) electrons. The molecule has 7 nitrogen and oxygen atoms in total. The summed E-state index contributed by atoms with van der Waals surface area (Å²) >= 11 is 0. The van der Waals surface area contributed by atoms with E-state index in [1.54, 1.807) is 6.20 Å². The Kier molecular flexibility index (Phi) is 5.32. The van der Waals surface area contributed by atoms with Crippen LogP contribution in [0.1, 0.15) is 31.4 Å². The number of benzene rings is 2. The summed E-state index contributed by atoms with van der Waals surface area (Å²) in [7, 11) is 0. The number of hydrogen-bond acceptors (Lipinski definition) is 7. The second-order valence-corrected chi connectivity index (χ2v) is 10.7. The van der Waals surface area contributed by atoms with Gasteiger partial charge in [0.2, 0.25) is 0 Å². The third-order valence-electron chi connectivity index (χ3n) is 7.86. The van der Waals surface area contributed by atoms with Crippen molar-refractivity contribution in [3.8, 4) is 11.8 Å². The molecule has 6 rings (SSSR count). The maximum Gasteiger partial charge on any atom is 0.125 e. The summed E-state index contributed by atoms with van der Waals surface area (Å²) in [6.07, 6.45) is 2.77. The van der Waals surface area contributed by atoms with Crippen LogP contribution in [0.5, 0.6) is 5.75 Å². The van der Waals surface area contributed by atoms with Gasteiger partial charge in [-0.3, -0.25) is 9.88 Å². The SMILES string of the molecule is C[C@@H]1CN(c2ccc(C#N)c3ncccc23)C[C@@H]2COc3cc(N4CC[C@](C)(N)C4)ccc3CN21. The van der Waals surface area contributed by atoms with Crippen LogP contribution < -0.4 is 20.3 Å². The fraction of sp³-hybridized carbons (Fsp3) is 0.429. The van der Waals surface area contributed by atoms with Crippen LogP contribution in [-0.4, -0.2) is 60.3 Å². The average molecular weight is 469 g/mol. The third-order valence-corrected chi connectivity index (χ3v) is 7.86. The van der Waals surface area contributed by atoms with Crippen LogP contribution in [-0.2, 0) is 6.54 Å². The highest BCUT2D eigenvalue weighted by molar-refractivity contribution is 5.95. The van der Waals surface area contributed by atoms with Crippen LogP contribution in [0.15, 0.2) is 48.7 Å². The maximum atomic E-state index is 9.53. The quantitative estimate of drug-likeness (QED) is 0.616. The van der Waals surface area contributed by atoms with Crippen LogP contribution in [0, 0.1) is 11.3 Å². The highest BCUT2D eigenvalue weighted by atomic mass is 16.5. The Bertz CT molecular complexity index is 1310. The monoisotopic (exact) mass is 468 g/mol. The van der Waals surface area contributed by atoms with Gasteiger partial charge in [0.15, 0.2) is 0 Å². The van der Waals surface area contributed by atoms with Crippen LogP contribution >= 0.6 is 0 Å². The summed E-state index contributed by atoms with van der Waals surface area (Å²) in [5, 5.41) is 10.6.